The molecule has 0 bridgehead atoms. The molecule has 2 rings (SSSR count). The lowest BCUT2D eigenvalue weighted by molar-refractivity contribution is 0.482. The van der Waals surface area contributed by atoms with E-state index in [1.807, 2.05) is 12.1 Å². The smallest absolute Gasteiger partial charge is 0.169 e. The third kappa shape index (κ3) is 2.34. The Kier molecular flexibility index (Phi) is 2.68. The molecule has 0 saturated carbocycles. The highest BCUT2D eigenvalue weighted by molar-refractivity contribution is 9.10. The summed E-state index contributed by atoms with van der Waals surface area (Å²) >= 11 is 3.26. The molecular weight excluding hydrogens is 232 g/mol. The Balaban J connectivity index is 1.85. The van der Waals surface area contributed by atoms with Crippen LogP contribution >= 0.6 is 15.9 Å². The first kappa shape index (κ1) is 8.81. The lowest BCUT2D eigenvalue weighted by Gasteiger charge is -2.01. The van der Waals surface area contributed by atoms with Gasteiger partial charge in [-0.2, -0.15) is 0 Å². The highest BCUT2D eigenvalue weighted by atomic mass is 79.9. The maximum Gasteiger partial charge on any atom is 0.169 e. The molecule has 0 saturated heterocycles. The van der Waals surface area contributed by atoms with Crippen LogP contribution in [0.1, 0.15) is 18.6 Å². The third-order valence-electron chi connectivity index (χ3n) is 1.97. The summed E-state index contributed by atoms with van der Waals surface area (Å²) in [4.78, 5) is 4.31. The van der Waals surface area contributed by atoms with Crippen molar-refractivity contribution in [2.45, 2.75) is 19.4 Å². The third-order valence-corrected chi connectivity index (χ3v) is 2.40. The van der Waals surface area contributed by atoms with Crippen LogP contribution in [0.25, 0.3) is 0 Å². The zero-order chi connectivity index (χ0) is 9.10. The zero-order valence-electron chi connectivity index (χ0n) is 7.22. The summed E-state index contributed by atoms with van der Waals surface area (Å²) in [5.41, 5.74) is 0. The second-order valence-electron chi connectivity index (χ2n) is 2.99. The fourth-order valence-electron chi connectivity index (χ4n) is 1.32. The van der Waals surface area contributed by atoms with E-state index in [0.29, 0.717) is 0 Å². The standard InChI is InChI=1S/C9H11BrN2O/c10-8-4-3-7(13-8)6-12-9-2-1-5-11-9/h3-4H,1-2,5-6H2,(H,11,12). The van der Waals surface area contributed by atoms with Crippen LogP contribution in [0.2, 0.25) is 0 Å². The molecule has 4 heteroatoms. The SMILES string of the molecule is Brc1ccc(CNC2=NCCC2)o1. The van der Waals surface area contributed by atoms with Crippen molar-refractivity contribution in [3.8, 4) is 0 Å². The first-order chi connectivity index (χ1) is 6.34. The molecule has 1 aromatic heterocycles. The predicted octanol–water partition coefficient (Wildman–Crippen LogP) is 2.32. The molecule has 1 N–H and O–H groups in total. The maximum atomic E-state index is 5.34. The topological polar surface area (TPSA) is 37.5 Å². The van der Waals surface area contributed by atoms with Crippen LogP contribution in [0.15, 0.2) is 26.2 Å². The number of hydrogen-bond donors (Lipinski definition) is 1. The van der Waals surface area contributed by atoms with E-state index in [1.54, 1.807) is 0 Å². The molecule has 70 valence electrons. The van der Waals surface area contributed by atoms with E-state index in [1.165, 1.54) is 6.42 Å². The molecular formula is C9H11BrN2O. The molecule has 1 aromatic rings. The Hall–Kier alpha value is -0.770. The number of nitrogens with zero attached hydrogens (tertiary/aromatic N) is 1. The Morgan fingerprint density at radius 3 is 3.08 bits per heavy atom. The quantitative estimate of drug-likeness (QED) is 0.865. The number of amidine groups is 1. The lowest BCUT2D eigenvalue weighted by Crippen LogP contribution is -2.20. The summed E-state index contributed by atoms with van der Waals surface area (Å²) in [5, 5.41) is 3.25. The summed E-state index contributed by atoms with van der Waals surface area (Å²) in [6.45, 7) is 1.69. The van der Waals surface area contributed by atoms with Crippen molar-refractivity contribution in [2.24, 2.45) is 4.99 Å². The van der Waals surface area contributed by atoms with Crippen molar-refractivity contribution >= 4 is 21.8 Å². The van der Waals surface area contributed by atoms with Gasteiger partial charge >= 0.3 is 0 Å². The van der Waals surface area contributed by atoms with Crippen molar-refractivity contribution < 1.29 is 4.42 Å². The van der Waals surface area contributed by atoms with Gasteiger partial charge in [0.05, 0.1) is 12.4 Å². The molecule has 0 spiro atoms. The molecule has 0 fully saturated rings. The Morgan fingerprint density at radius 1 is 1.54 bits per heavy atom. The number of rotatable bonds is 2. The Bertz CT molecular complexity index is 319. The van der Waals surface area contributed by atoms with Crippen LogP contribution in [0.4, 0.5) is 0 Å². The van der Waals surface area contributed by atoms with E-state index in [0.717, 1.165) is 35.8 Å². The number of nitrogens with one attached hydrogen (secondary N) is 1. The van der Waals surface area contributed by atoms with Crippen molar-refractivity contribution in [3.63, 3.8) is 0 Å². The first-order valence-electron chi connectivity index (χ1n) is 4.36. The van der Waals surface area contributed by atoms with Crippen LogP contribution in [-0.4, -0.2) is 12.4 Å². The fraction of sp³-hybridized carbons (Fsp3) is 0.444. The molecule has 3 nitrogen and oxygen atoms in total. The Labute approximate surface area is 85.4 Å². The van der Waals surface area contributed by atoms with E-state index in [2.05, 4.69) is 26.2 Å². The first-order valence-corrected chi connectivity index (χ1v) is 5.15. The van der Waals surface area contributed by atoms with Gasteiger partial charge in [-0.15, -0.1) is 0 Å². The predicted molar refractivity (Wildman–Crippen MR) is 54.8 cm³/mol. The van der Waals surface area contributed by atoms with Crippen molar-refractivity contribution in [1.29, 1.82) is 0 Å². The number of halogens is 1. The second kappa shape index (κ2) is 3.96. The molecule has 2 heterocycles. The van der Waals surface area contributed by atoms with E-state index in [4.69, 9.17) is 4.42 Å². The van der Waals surface area contributed by atoms with Crippen LogP contribution in [0, 0.1) is 0 Å². The minimum Gasteiger partial charge on any atom is -0.452 e. The highest BCUT2D eigenvalue weighted by Gasteiger charge is 2.06. The van der Waals surface area contributed by atoms with E-state index in [9.17, 15) is 0 Å². The zero-order valence-corrected chi connectivity index (χ0v) is 8.80. The fourth-order valence-corrected chi connectivity index (χ4v) is 1.66. The molecule has 0 amide bonds. The largest absolute Gasteiger partial charge is 0.452 e. The lowest BCUT2D eigenvalue weighted by atomic mass is 10.3. The van der Waals surface area contributed by atoms with Crippen LogP contribution in [0.5, 0.6) is 0 Å². The second-order valence-corrected chi connectivity index (χ2v) is 3.77. The van der Waals surface area contributed by atoms with Gasteiger partial charge in [-0.1, -0.05) is 0 Å². The van der Waals surface area contributed by atoms with Crippen LogP contribution in [0.3, 0.4) is 0 Å². The number of furan rings is 1. The summed E-state index contributed by atoms with van der Waals surface area (Å²) < 4.78 is 6.12. The monoisotopic (exact) mass is 242 g/mol. The summed E-state index contributed by atoms with van der Waals surface area (Å²) in [6, 6.07) is 3.85. The highest BCUT2D eigenvalue weighted by Crippen LogP contribution is 2.13. The minimum absolute atomic E-state index is 0.727. The number of aliphatic imine (C=N–C) groups is 1. The molecule has 1 aliphatic rings. The average molecular weight is 243 g/mol. The van der Waals surface area contributed by atoms with E-state index < -0.39 is 0 Å². The molecule has 1 aliphatic heterocycles. The van der Waals surface area contributed by atoms with Gasteiger partial charge in [0.25, 0.3) is 0 Å². The summed E-state index contributed by atoms with van der Waals surface area (Å²) in [5.74, 6) is 2.04. The molecule has 0 atom stereocenters. The van der Waals surface area contributed by atoms with Gasteiger partial charge < -0.3 is 9.73 Å². The Morgan fingerprint density at radius 2 is 2.46 bits per heavy atom. The van der Waals surface area contributed by atoms with Gasteiger partial charge in [0.2, 0.25) is 0 Å². The minimum atomic E-state index is 0.727. The van der Waals surface area contributed by atoms with Gasteiger partial charge in [-0.3, -0.25) is 4.99 Å². The summed E-state index contributed by atoms with van der Waals surface area (Å²) in [6.07, 6.45) is 2.24. The van der Waals surface area contributed by atoms with Gasteiger partial charge in [0, 0.05) is 13.0 Å². The molecule has 0 radical (unpaired) electrons. The average Bonchev–Trinajstić information content (AvgIpc) is 2.71. The van der Waals surface area contributed by atoms with Crippen molar-refractivity contribution in [2.75, 3.05) is 6.54 Å². The van der Waals surface area contributed by atoms with Crippen molar-refractivity contribution in [1.82, 2.24) is 5.32 Å². The van der Waals surface area contributed by atoms with Crippen molar-refractivity contribution in [3.05, 3.63) is 22.6 Å². The van der Waals surface area contributed by atoms with E-state index >= 15 is 0 Å². The molecule has 0 aromatic carbocycles. The molecule has 0 aliphatic carbocycles. The number of hydrogen-bond acceptors (Lipinski definition) is 3. The van der Waals surface area contributed by atoms with Gasteiger partial charge in [-0.05, 0) is 34.5 Å². The molecule has 13 heavy (non-hydrogen) atoms. The molecule has 0 unspecified atom stereocenters. The van der Waals surface area contributed by atoms with E-state index in [-0.39, 0.29) is 0 Å². The normalized spacial score (nSPS) is 15.9. The van der Waals surface area contributed by atoms with Gasteiger partial charge in [0.15, 0.2) is 4.67 Å². The van der Waals surface area contributed by atoms with Crippen LogP contribution < -0.4 is 5.32 Å². The van der Waals surface area contributed by atoms with Crippen LogP contribution in [-0.2, 0) is 6.54 Å². The van der Waals surface area contributed by atoms with Gasteiger partial charge in [0.1, 0.15) is 5.76 Å². The summed E-state index contributed by atoms with van der Waals surface area (Å²) in [7, 11) is 0. The maximum absolute atomic E-state index is 5.34. The van der Waals surface area contributed by atoms with Gasteiger partial charge in [-0.25, -0.2) is 0 Å².